The van der Waals surface area contributed by atoms with Gasteiger partial charge < -0.3 is 5.32 Å². The molecule has 0 atom stereocenters. The van der Waals surface area contributed by atoms with E-state index in [2.05, 4.69) is 10.3 Å². The van der Waals surface area contributed by atoms with Crippen LogP contribution in [-0.4, -0.2) is 10.9 Å². The Balaban J connectivity index is 1.84. The SMILES string of the molecule is O=C(CC1CCCCC1)Nc1cccc(Cl)n1. The van der Waals surface area contributed by atoms with Crippen molar-refractivity contribution in [2.24, 2.45) is 5.92 Å². The van der Waals surface area contributed by atoms with Gasteiger partial charge in [0, 0.05) is 6.42 Å². The van der Waals surface area contributed by atoms with Crippen molar-refractivity contribution in [3.63, 3.8) is 0 Å². The molecule has 0 aliphatic heterocycles. The molecule has 1 aromatic rings. The molecule has 1 aliphatic carbocycles. The molecule has 1 N–H and O–H groups in total. The fourth-order valence-corrected chi connectivity index (χ4v) is 2.49. The van der Waals surface area contributed by atoms with Crippen LogP contribution in [0.3, 0.4) is 0 Å². The smallest absolute Gasteiger partial charge is 0.225 e. The van der Waals surface area contributed by atoms with Gasteiger partial charge >= 0.3 is 0 Å². The predicted octanol–water partition coefficient (Wildman–Crippen LogP) is 3.64. The first kappa shape index (κ1) is 12.4. The van der Waals surface area contributed by atoms with E-state index < -0.39 is 0 Å². The molecule has 0 saturated heterocycles. The molecule has 0 aromatic carbocycles. The largest absolute Gasteiger partial charge is 0.311 e. The fourth-order valence-electron chi connectivity index (χ4n) is 2.33. The molecule has 1 aromatic heterocycles. The molecule has 1 fully saturated rings. The molecule has 0 unspecified atom stereocenters. The van der Waals surface area contributed by atoms with Gasteiger partial charge in [0.15, 0.2) is 0 Å². The van der Waals surface area contributed by atoms with Gasteiger partial charge in [0.25, 0.3) is 0 Å². The Morgan fingerprint density at radius 3 is 2.82 bits per heavy atom. The summed E-state index contributed by atoms with van der Waals surface area (Å²) in [7, 11) is 0. The van der Waals surface area contributed by atoms with E-state index in [4.69, 9.17) is 11.6 Å². The minimum absolute atomic E-state index is 0.0478. The maximum absolute atomic E-state index is 11.8. The van der Waals surface area contributed by atoms with Crippen LogP contribution in [0.5, 0.6) is 0 Å². The molecule has 0 bridgehead atoms. The normalized spacial score (nSPS) is 16.8. The second-order valence-corrected chi connectivity index (χ2v) is 4.99. The summed E-state index contributed by atoms with van der Waals surface area (Å²) >= 11 is 5.76. The van der Waals surface area contributed by atoms with Crippen molar-refractivity contribution in [1.82, 2.24) is 4.98 Å². The van der Waals surface area contributed by atoms with Crippen molar-refractivity contribution in [2.75, 3.05) is 5.32 Å². The summed E-state index contributed by atoms with van der Waals surface area (Å²) in [6, 6.07) is 5.23. The standard InChI is InChI=1S/C13H17ClN2O/c14-11-7-4-8-12(15-11)16-13(17)9-10-5-2-1-3-6-10/h4,7-8,10H,1-3,5-6,9H2,(H,15,16,17). The van der Waals surface area contributed by atoms with Crippen molar-refractivity contribution in [2.45, 2.75) is 38.5 Å². The van der Waals surface area contributed by atoms with E-state index in [1.165, 1.54) is 32.1 Å². The summed E-state index contributed by atoms with van der Waals surface area (Å²) in [5.41, 5.74) is 0. The first-order valence-electron chi connectivity index (χ1n) is 6.16. The van der Waals surface area contributed by atoms with E-state index in [0.717, 1.165) is 0 Å². The van der Waals surface area contributed by atoms with Crippen molar-refractivity contribution in [3.05, 3.63) is 23.4 Å². The zero-order chi connectivity index (χ0) is 12.1. The molecular weight excluding hydrogens is 236 g/mol. The van der Waals surface area contributed by atoms with Crippen LogP contribution in [0.25, 0.3) is 0 Å². The molecule has 1 saturated carbocycles. The van der Waals surface area contributed by atoms with E-state index in [1.807, 2.05) is 0 Å². The molecular formula is C13H17ClN2O. The minimum atomic E-state index is 0.0478. The van der Waals surface area contributed by atoms with Gasteiger partial charge in [-0.3, -0.25) is 4.79 Å². The van der Waals surface area contributed by atoms with Crippen molar-refractivity contribution < 1.29 is 4.79 Å². The zero-order valence-electron chi connectivity index (χ0n) is 9.79. The maximum atomic E-state index is 11.8. The number of hydrogen-bond acceptors (Lipinski definition) is 2. The summed E-state index contributed by atoms with van der Waals surface area (Å²) < 4.78 is 0. The van der Waals surface area contributed by atoms with Crippen LogP contribution in [0.4, 0.5) is 5.82 Å². The molecule has 3 nitrogen and oxygen atoms in total. The fraction of sp³-hybridized carbons (Fsp3) is 0.538. The predicted molar refractivity (Wildman–Crippen MR) is 69.1 cm³/mol. The lowest BCUT2D eigenvalue weighted by atomic mass is 9.87. The number of anilines is 1. The number of amides is 1. The molecule has 1 amide bonds. The number of aromatic nitrogens is 1. The summed E-state index contributed by atoms with van der Waals surface area (Å²) in [6.07, 6.45) is 6.79. The number of rotatable bonds is 3. The molecule has 0 spiro atoms. The number of nitrogens with zero attached hydrogens (tertiary/aromatic N) is 1. The third kappa shape index (κ3) is 4.00. The number of hydrogen-bond donors (Lipinski definition) is 1. The molecule has 1 heterocycles. The second kappa shape index (κ2) is 6.01. The number of carbonyl (C=O) groups excluding carboxylic acids is 1. The molecule has 92 valence electrons. The van der Waals surface area contributed by atoms with Gasteiger partial charge in [-0.05, 0) is 30.9 Å². The third-order valence-corrected chi connectivity index (χ3v) is 3.39. The summed E-state index contributed by atoms with van der Waals surface area (Å²) in [6.45, 7) is 0. The van der Waals surface area contributed by atoms with E-state index in [9.17, 15) is 4.79 Å². The van der Waals surface area contributed by atoms with Crippen LogP contribution in [0.2, 0.25) is 5.15 Å². The van der Waals surface area contributed by atoms with Crippen molar-refractivity contribution >= 4 is 23.3 Å². The van der Waals surface area contributed by atoms with Gasteiger partial charge in [-0.15, -0.1) is 0 Å². The van der Waals surface area contributed by atoms with Gasteiger partial charge in [0.1, 0.15) is 11.0 Å². The van der Waals surface area contributed by atoms with Crippen LogP contribution in [0.15, 0.2) is 18.2 Å². The van der Waals surface area contributed by atoms with Gasteiger partial charge in [-0.2, -0.15) is 0 Å². The average molecular weight is 253 g/mol. The highest BCUT2D eigenvalue weighted by atomic mass is 35.5. The Hall–Kier alpha value is -1.09. The van der Waals surface area contributed by atoms with Crippen LogP contribution in [-0.2, 0) is 4.79 Å². The highest BCUT2D eigenvalue weighted by Gasteiger charge is 2.17. The number of pyridine rings is 1. The first-order valence-corrected chi connectivity index (χ1v) is 6.54. The van der Waals surface area contributed by atoms with E-state index in [1.54, 1.807) is 18.2 Å². The summed E-state index contributed by atoms with van der Waals surface area (Å²) in [4.78, 5) is 15.8. The van der Waals surface area contributed by atoms with Crippen molar-refractivity contribution in [3.8, 4) is 0 Å². The molecule has 2 rings (SSSR count). The Morgan fingerprint density at radius 1 is 1.35 bits per heavy atom. The number of carbonyl (C=O) groups is 1. The highest BCUT2D eigenvalue weighted by molar-refractivity contribution is 6.29. The first-order chi connectivity index (χ1) is 8.24. The maximum Gasteiger partial charge on any atom is 0.225 e. The molecule has 0 radical (unpaired) electrons. The lowest BCUT2D eigenvalue weighted by Gasteiger charge is -2.20. The molecule has 1 aliphatic rings. The molecule has 17 heavy (non-hydrogen) atoms. The Kier molecular flexibility index (Phi) is 4.37. The topological polar surface area (TPSA) is 42.0 Å². The van der Waals surface area contributed by atoms with Crippen molar-refractivity contribution in [1.29, 1.82) is 0 Å². The summed E-state index contributed by atoms with van der Waals surface area (Å²) in [5, 5.41) is 3.20. The number of halogens is 1. The third-order valence-electron chi connectivity index (χ3n) is 3.18. The Bertz CT molecular complexity index is 389. The lowest BCUT2D eigenvalue weighted by Crippen LogP contribution is -2.18. The minimum Gasteiger partial charge on any atom is -0.311 e. The molecule has 4 heteroatoms. The lowest BCUT2D eigenvalue weighted by molar-refractivity contribution is -0.117. The van der Waals surface area contributed by atoms with Crippen LogP contribution in [0.1, 0.15) is 38.5 Å². The second-order valence-electron chi connectivity index (χ2n) is 4.60. The summed E-state index contributed by atoms with van der Waals surface area (Å²) in [5.74, 6) is 1.13. The van der Waals surface area contributed by atoms with Gasteiger partial charge in [-0.25, -0.2) is 4.98 Å². The zero-order valence-corrected chi connectivity index (χ0v) is 10.5. The average Bonchev–Trinajstić information content (AvgIpc) is 2.30. The van der Waals surface area contributed by atoms with Gasteiger partial charge in [-0.1, -0.05) is 36.9 Å². The van der Waals surface area contributed by atoms with Gasteiger partial charge in [0.2, 0.25) is 5.91 Å². The Labute approximate surface area is 107 Å². The highest BCUT2D eigenvalue weighted by Crippen LogP contribution is 2.26. The number of nitrogens with one attached hydrogen (secondary N) is 1. The van der Waals surface area contributed by atoms with E-state index in [0.29, 0.717) is 23.3 Å². The Morgan fingerprint density at radius 2 is 2.12 bits per heavy atom. The van der Waals surface area contributed by atoms with Crippen LogP contribution >= 0.6 is 11.6 Å². The van der Waals surface area contributed by atoms with Crippen LogP contribution < -0.4 is 5.32 Å². The van der Waals surface area contributed by atoms with Crippen LogP contribution in [0, 0.1) is 5.92 Å². The quantitative estimate of drug-likeness (QED) is 0.835. The van der Waals surface area contributed by atoms with Gasteiger partial charge in [0.05, 0.1) is 0 Å². The van der Waals surface area contributed by atoms with E-state index >= 15 is 0 Å². The van der Waals surface area contributed by atoms with E-state index in [-0.39, 0.29) is 5.91 Å². The monoisotopic (exact) mass is 252 g/mol.